The molecule has 4 nitrogen and oxygen atoms in total. The number of benzene rings is 2. The van der Waals surface area contributed by atoms with Gasteiger partial charge in [-0.3, -0.25) is 4.99 Å². The topological polar surface area (TPSA) is 61.7 Å². The van der Waals surface area contributed by atoms with Gasteiger partial charge in [-0.2, -0.15) is 0 Å². The maximum atomic E-state index is 11.7. The Morgan fingerprint density at radius 3 is 2.57 bits per heavy atom. The molecule has 1 unspecified atom stereocenters. The second kappa shape index (κ2) is 6.26. The van der Waals surface area contributed by atoms with E-state index in [-0.39, 0.29) is 5.57 Å². The number of aliphatic imine (C=N–C) groups is 1. The van der Waals surface area contributed by atoms with Crippen LogP contribution in [-0.2, 0) is 4.79 Å². The average molecular weight is 327 g/mol. The lowest BCUT2D eigenvalue weighted by Gasteiger charge is -2.25. The molecule has 2 aromatic carbocycles. The molecule has 1 heterocycles. The van der Waals surface area contributed by atoms with Gasteiger partial charge in [0.1, 0.15) is 11.9 Å². The first-order valence-corrected chi connectivity index (χ1v) is 7.54. The Labute approximate surface area is 139 Å². The highest BCUT2D eigenvalue weighted by molar-refractivity contribution is 6.30. The largest absolute Gasteiger partial charge is 0.478 e. The normalized spacial score (nSPS) is 17.5. The van der Waals surface area contributed by atoms with Crippen LogP contribution in [-0.4, -0.2) is 16.9 Å². The van der Waals surface area contributed by atoms with Crippen LogP contribution in [0.1, 0.15) is 24.1 Å². The van der Waals surface area contributed by atoms with Crippen molar-refractivity contribution in [2.75, 3.05) is 0 Å². The van der Waals surface area contributed by atoms with Crippen molar-refractivity contribution in [2.24, 2.45) is 4.99 Å². The number of amidine groups is 1. The van der Waals surface area contributed by atoms with Crippen LogP contribution in [0.4, 0.5) is 0 Å². The third-order valence-electron chi connectivity index (χ3n) is 3.68. The van der Waals surface area contributed by atoms with Crippen molar-refractivity contribution in [2.45, 2.75) is 13.0 Å². The Balaban J connectivity index is 2.11. The molecule has 1 aliphatic rings. The third kappa shape index (κ3) is 3.12. The minimum absolute atomic E-state index is 0.229. The lowest BCUT2D eigenvalue weighted by atomic mass is 9.95. The first-order valence-electron chi connectivity index (χ1n) is 7.16. The maximum Gasteiger partial charge on any atom is 0.335 e. The number of carboxylic acid groups (broad SMARTS) is 1. The molecule has 116 valence electrons. The molecule has 1 atom stereocenters. The van der Waals surface area contributed by atoms with Crippen LogP contribution in [0.15, 0.2) is 70.9 Å². The smallest absolute Gasteiger partial charge is 0.335 e. The molecular formula is C18H15ClN2O2. The zero-order chi connectivity index (χ0) is 16.4. The zero-order valence-electron chi connectivity index (χ0n) is 12.5. The number of aliphatic carboxylic acids is 1. The number of rotatable bonds is 3. The molecule has 0 radical (unpaired) electrons. The van der Waals surface area contributed by atoms with E-state index in [1.54, 1.807) is 25.1 Å². The predicted molar refractivity (Wildman–Crippen MR) is 90.6 cm³/mol. The number of nitrogens with zero attached hydrogens (tertiary/aromatic N) is 1. The van der Waals surface area contributed by atoms with Gasteiger partial charge in [0.05, 0.1) is 5.57 Å². The molecule has 0 fully saturated rings. The lowest BCUT2D eigenvalue weighted by molar-refractivity contribution is -0.133. The predicted octanol–water partition coefficient (Wildman–Crippen LogP) is 3.79. The molecule has 1 aliphatic heterocycles. The summed E-state index contributed by atoms with van der Waals surface area (Å²) in [5.41, 5.74) is 2.47. The van der Waals surface area contributed by atoms with Gasteiger partial charge in [-0.15, -0.1) is 0 Å². The van der Waals surface area contributed by atoms with Crippen molar-refractivity contribution in [3.8, 4) is 0 Å². The van der Waals surface area contributed by atoms with E-state index < -0.39 is 12.0 Å². The van der Waals surface area contributed by atoms with Crippen molar-refractivity contribution in [1.82, 2.24) is 5.32 Å². The first kappa shape index (κ1) is 15.3. The summed E-state index contributed by atoms with van der Waals surface area (Å²) < 4.78 is 0. The molecule has 3 rings (SSSR count). The number of hydrogen-bond donors (Lipinski definition) is 2. The van der Waals surface area contributed by atoms with Crippen LogP contribution in [0.3, 0.4) is 0 Å². The summed E-state index contributed by atoms with van der Waals surface area (Å²) in [6.07, 6.45) is 0. The summed E-state index contributed by atoms with van der Waals surface area (Å²) in [6.45, 7) is 1.75. The van der Waals surface area contributed by atoms with Crippen LogP contribution in [0.25, 0.3) is 0 Å². The van der Waals surface area contributed by atoms with E-state index in [0.29, 0.717) is 16.6 Å². The molecule has 2 N–H and O–H groups in total. The summed E-state index contributed by atoms with van der Waals surface area (Å²) >= 11 is 6.05. The van der Waals surface area contributed by atoms with Gasteiger partial charge in [-0.05, 0) is 24.6 Å². The molecule has 0 saturated carbocycles. The van der Waals surface area contributed by atoms with Crippen molar-refractivity contribution < 1.29 is 9.90 Å². The molecular weight excluding hydrogens is 312 g/mol. The molecule has 5 heteroatoms. The van der Waals surface area contributed by atoms with Crippen molar-refractivity contribution in [3.05, 3.63) is 82.0 Å². The fourth-order valence-corrected chi connectivity index (χ4v) is 2.81. The van der Waals surface area contributed by atoms with Crippen LogP contribution < -0.4 is 5.32 Å². The van der Waals surface area contributed by atoms with Crippen molar-refractivity contribution in [1.29, 1.82) is 0 Å². The summed E-state index contributed by atoms with van der Waals surface area (Å²) in [7, 11) is 0. The second-order valence-corrected chi connectivity index (χ2v) is 5.71. The fourth-order valence-electron chi connectivity index (χ4n) is 2.61. The molecule has 23 heavy (non-hydrogen) atoms. The average Bonchev–Trinajstić information content (AvgIpc) is 2.54. The number of allylic oxidation sites excluding steroid dienone is 1. The molecule has 0 saturated heterocycles. The quantitative estimate of drug-likeness (QED) is 0.902. The van der Waals surface area contributed by atoms with E-state index in [4.69, 9.17) is 11.6 Å². The Kier molecular flexibility index (Phi) is 4.17. The second-order valence-electron chi connectivity index (χ2n) is 5.27. The van der Waals surface area contributed by atoms with Crippen molar-refractivity contribution >= 4 is 23.4 Å². The van der Waals surface area contributed by atoms with Crippen LogP contribution in [0, 0.1) is 0 Å². The first-order chi connectivity index (χ1) is 11.1. The highest BCUT2D eigenvalue weighted by Crippen LogP contribution is 2.32. The van der Waals surface area contributed by atoms with Crippen LogP contribution in [0.2, 0.25) is 5.02 Å². The highest BCUT2D eigenvalue weighted by Gasteiger charge is 2.29. The summed E-state index contributed by atoms with van der Waals surface area (Å²) in [5, 5.41) is 13.2. The van der Waals surface area contributed by atoms with E-state index in [9.17, 15) is 9.90 Å². The number of carbonyl (C=O) groups is 1. The minimum atomic E-state index is -0.990. The fraction of sp³-hybridized carbons (Fsp3) is 0.111. The molecule has 0 aromatic heterocycles. The van der Waals surface area contributed by atoms with E-state index in [2.05, 4.69) is 10.3 Å². The molecule has 0 bridgehead atoms. The molecule has 0 spiro atoms. The number of nitrogens with one attached hydrogen (secondary N) is 1. The summed E-state index contributed by atoms with van der Waals surface area (Å²) in [5.74, 6) is -0.339. The van der Waals surface area contributed by atoms with Crippen LogP contribution in [0.5, 0.6) is 0 Å². The van der Waals surface area contributed by atoms with Gasteiger partial charge in [0.2, 0.25) is 0 Å². The monoisotopic (exact) mass is 326 g/mol. The highest BCUT2D eigenvalue weighted by atomic mass is 35.5. The third-order valence-corrected chi connectivity index (χ3v) is 3.92. The Morgan fingerprint density at radius 2 is 1.91 bits per heavy atom. The van der Waals surface area contributed by atoms with Gasteiger partial charge >= 0.3 is 5.97 Å². The van der Waals surface area contributed by atoms with Gasteiger partial charge in [0, 0.05) is 16.3 Å². The Morgan fingerprint density at radius 1 is 1.17 bits per heavy atom. The standard InChI is InChI=1S/C18H15ClN2O2/c1-11-15(18(22)23)16(13-8-5-9-14(19)10-13)21-17(20-11)12-6-3-2-4-7-12/h2-10,16H,1H3,(H,20,21)(H,22,23). The molecule has 0 aliphatic carbocycles. The summed E-state index contributed by atoms with van der Waals surface area (Å²) in [6, 6.07) is 16.2. The van der Waals surface area contributed by atoms with Gasteiger partial charge in [-0.1, -0.05) is 54.1 Å². The van der Waals surface area contributed by atoms with Crippen molar-refractivity contribution in [3.63, 3.8) is 0 Å². The van der Waals surface area contributed by atoms with Gasteiger partial charge in [0.25, 0.3) is 0 Å². The van der Waals surface area contributed by atoms with Gasteiger partial charge < -0.3 is 10.4 Å². The maximum absolute atomic E-state index is 11.7. The molecule has 0 amide bonds. The minimum Gasteiger partial charge on any atom is -0.478 e. The molecule has 2 aromatic rings. The lowest BCUT2D eigenvalue weighted by Crippen LogP contribution is -2.32. The van der Waals surface area contributed by atoms with E-state index in [0.717, 1.165) is 11.1 Å². The van der Waals surface area contributed by atoms with Crippen LogP contribution >= 0.6 is 11.6 Å². The SMILES string of the molecule is CC1=C(C(=O)O)C(c2cccc(Cl)c2)N=C(c2ccccc2)N1. The summed E-state index contributed by atoms with van der Waals surface area (Å²) in [4.78, 5) is 16.3. The van der Waals surface area contributed by atoms with Gasteiger partial charge in [0.15, 0.2) is 0 Å². The number of hydrogen-bond acceptors (Lipinski definition) is 3. The van der Waals surface area contributed by atoms with E-state index >= 15 is 0 Å². The van der Waals surface area contributed by atoms with Gasteiger partial charge in [-0.25, -0.2) is 4.79 Å². The van der Waals surface area contributed by atoms with E-state index in [1.165, 1.54) is 0 Å². The number of carboxylic acids is 1. The Bertz CT molecular complexity index is 813. The van der Waals surface area contributed by atoms with E-state index in [1.807, 2.05) is 36.4 Å². The number of halogens is 1. The zero-order valence-corrected chi connectivity index (χ0v) is 13.2. The Hall–Kier alpha value is -2.59.